The Bertz CT molecular complexity index is 862. The average molecular weight is 364 g/mol. The molecule has 1 aromatic heterocycles. The Morgan fingerprint density at radius 3 is 2.71 bits per heavy atom. The maximum Gasteiger partial charge on any atom is 0.238 e. The van der Waals surface area contributed by atoms with Crippen molar-refractivity contribution in [3.05, 3.63) is 48.1 Å². The van der Waals surface area contributed by atoms with Gasteiger partial charge in [-0.05, 0) is 18.2 Å². The number of hydrogen-bond donors (Lipinski definition) is 0. The maximum absolute atomic E-state index is 12.8. The number of para-hydroxylation sites is 1. The van der Waals surface area contributed by atoms with Crippen LogP contribution in [0.1, 0.15) is 0 Å². The van der Waals surface area contributed by atoms with E-state index < -0.39 is 15.9 Å². The number of aryl methyl sites for hydroxylation is 1. The lowest BCUT2D eigenvalue weighted by Crippen LogP contribution is -2.42. The first-order chi connectivity index (χ1) is 11.5. The van der Waals surface area contributed by atoms with Crippen molar-refractivity contribution in [3.63, 3.8) is 0 Å². The van der Waals surface area contributed by atoms with Crippen LogP contribution in [0.25, 0.3) is 0 Å². The number of anilines is 1. The highest BCUT2D eigenvalue weighted by Crippen LogP contribution is 2.24. The van der Waals surface area contributed by atoms with E-state index in [1.807, 2.05) is 18.2 Å². The van der Waals surface area contributed by atoms with Crippen molar-refractivity contribution in [1.82, 2.24) is 14.8 Å². The summed E-state index contributed by atoms with van der Waals surface area (Å²) in [5, 5.41) is 9.52. The minimum Gasteiger partial charge on any atom is -0.312 e. The molecule has 0 spiro atoms. The summed E-state index contributed by atoms with van der Waals surface area (Å²) in [5.41, 5.74) is 0.674. The highest BCUT2D eigenvalue weighted by Gasteiger charge is 2.31. The van der Waals surface area contributed by atoms with Crippen LogP contribution in [0.15, 0.2) is 53.3 Å². The fourth-order valence-corrected chi connectivity index (χ4v) is 4.44. The lowest BCUT2D eigenvalue weighted by Gasteiger charge is -2.27. The van der Waals surface area contributed by atoms with Gasteiger partial charge in [0.1, 0.15) is 6.33 Å². The molecule has 0 unspecified atom stereocenters. The Balaban J connectivity index is 1.81. The van der Waals surface area contributed by atoms with Crippen molar-refractivity contribution >= 4 is 33.2 Å². The molecule has 0 N–H and O–H groups in total. The molecule has 1 aromatic carbocycles. The SMILES string of the molecule is Cn1cnnc1SCC(=O)N(c1ccccc1)[C@@H]1C=CS(=O)(=O)C1. The Morgan fingerprint density at radius 1 is 1.38 bits per heavy atom. The van der Waals surface area contributed by atoms with Crippen molar-refractivity contribution in [3.8, 4) is 0 Å². The van der Waals surface area contributed by atoms with Gasteiger partial charge in [-0.25, -0.2) is 8.42 Å². The highest BCUT2D eigenvalue weighted by molar-refractivity contribution is 7.99. The van der Waals surface area contributed by atoms with Crippen LogP contribution in [0, 0.1) is 0 Å². The molecule has 0 fully saturated rings. The number of benzene rings is 1. The second-order valence-corrected chi connectivity index (χ2v) is 8.21. The molecule has 7 nitrogen and oxygen atoms in total. The molecule has 0 radical (unpaired) electrons. The molecular weight excluding hydrogens is 348 g/mol. The minimum absolute atomic E-state index is 0.0950. The number of rotatable bonds is 5. The normalized spacial score (nSPS) is 18.6. The molecule has 1 atom stereocenters. The van der Waals surface area contributed by atoms with Gasteiger partial charge in [0.2, 0.25) is 5.91 Å². The maximum atomic E-state index is 12.8. The lowest BCUT2D eigenvalue weighted by atomic mass is 10.2. The summed E-state index contributed by atoms with van der Waals surface area (Å²) in [6.07, 6.45) is 3.13. The summed E-state index contributed by atoms with van der Waals surface area (Å²) in [6.45, 7) is 0. The Hall–Kier alpha value is -2.13. The van der Waals surface area contributed by atoms with Crippen LogP contribution in [0.2, 0.25) is 0 Å². The predicted molar refractivity (Wildman–Crippen MR) is 92.4 cm³/mol. The van der Waals surface area contributed by atoms with E-state index in [2.05, 4.69) is 10.2 Å². The molecule has 9 heteroatoms. The van der Waals surface area contributed by atoms with Crippen LogP contribution >= 0.6 is 11.8 Å². The molecule has 1 aliphatic heterocycles. The molecule has 126 valence electrons. The van der Waals surface area contributed by atoms with E-state index in [1.54, 1.807) is 36.2 Å². The third kappa shape index (κ3) is 3.68. The van der Waals surface area contributed by atoms with Crippen LogP contribution < -0.4 is 4.90 Å². The van der Waals surface area contributed by atoms with Crippen LogP contribution in [-0.4, -0.2) is 46.6 Å². The molecule has 1 aliphatic rings. The molecule has 0 bridgehead atoms. The smallest absolute Gasteiger partial charge is 0.238 e. The van der Waals surface area contributed by atoms with Gasteiger partial charge in [-0.1, -0.05) is 30.0 Å². The molecule has 2 aromatic rings. The van der Waals surface area contributed by atoms with Crippen molar-refractivity contribution in [2.45, 2.75) is 11.2 Å². The van der Waals surface area contributed by atoms with Crippen LogP contribution in [0.3, 0.4) is 0 Å². The minimum atomic E-state index is -3.25. The second-order valence-electron chi connectivity index (χ2n) is 5.34. The van der Waals surface area contributed by atoms with Gasteiger partial charge in [0.15, 0.2) is 15.0 Å². The van der Waals surface area contributed by atoms with Gasteiger partial charge < -0.3 is 9.47 Å². The van der Waals surface area contributed by atoms with Crippen molar-refractivity contribution in [2.24, 2.45) is 7.05 Å². The van der Waals surface area contributed by atoms with Crippen molar-refractivity contribution < 1.29 is 13.2 Å². The van der Waals surface area contributed by atoms with Gasteiger partial charge >= 0.3 is 0 Å². The molecule has 0 saturated carbocycles. The third-order valence-corrected chi connectivity index (χ3v) is 5.94. The van der Waals surface area contributed by atoms with E-state index >= 15 is 0 Å². The zero-order chi connectivity index (χ0) is 17.2. The zero-order valence-electron chi connectivity index (χ0n) is 12.9. The second kappa shape index (κ2) is 6.78. The first-order valence-electron chi connectivity index (χ1n) is 7.21. The van der Waals surface area contributed by atoms with Gasteiger partial charge in [0.25, 0.3) is 0 Å². The third-order valence-electron chi connectivity index (χ3n) is 3.54. The average Bonchev–Trinajstić information content (AvgIpc) is 3.12. The van der Waals surface area contributed by atoms with Crippen LogP contribution in [0.5, 0.6) is 0 Å². The fraction of sp³-hybridized carbons (Fsp3) is 0.267. The van der Waals surface area contributed by atoms with Gasteiger partial charge in [0, 0.05) is 18.1 Å². The molecule has 3 rings (SSSR count). The number of amides is 1. The van der Waals surface area contributed by atoms with Gasteiger partial charge in [-0.3, -0.25) is 4.79 Å². The molecule has 1 amide bonds. The van der Waals surface area contributed by atoms with Gasteiger partial charge in [0.05, 0.1) is 17.5 Å². The topological polar surface area (TPSA) is 85.2 Å². The van der Waals surface area contributed by atoms with E-state index in [9.17, 15) is 13.2 Å². The standard InChI is InChI=1S/C15H16N4O3S2/c1-18-11-16-17-15(18)23-9-14(20)19(12-5-3-2-4-6-12)13-7-8-24(21,22)10-13/h2-8,11,13H,9-10H2,1H3/t13-/m1/s1. The first-order valence-corrected chi connectivity index (χ1v) is 9.91. The summed E-state index contributed by atoms with van der Waals surface area (Å²) in [7, 11) is -1.45. The number of sulfone groups is 1. The lowest BCUT2D eigenvalue weighted by molar-refractivity contribution is -0.116. The van der Waals surface area contributed by atoms with E-state index in [0.29, 0.717) is 10.8 Å². The Kier molecular flexibility index (Phi) is 4.72. The Labute approximate surface area is 144 Å². The fourth-order valence-electron chi connectivity index (χ4n) is 2.43. The number of nitrogens with zero attached hydrogens (tertiary/aromatic N) is 4. The summed E-state index contributed by atoms with van der Waals surface area (Å²) < 4.78 is 25.2. The van der Waals surface area contributed by atoms with Crippen molar-refractivity contribution in [1.29, 1.82) is 0 Å². The number of hydrogen-bond acceptors (Lipinski definition) is 6. The van der Waals surface area contributed by atoms with Crippen LogP contribution in [-0.2, 0) is 21.7 Å². The number of aromatic nitrogens is 3. The summed E-state index contributed by atoms with van der Waals surface area (Å²) in [6, 6.07) is 8.58. The van der Waals surface area contributed by atoms with E-state index in [4.69, 9.17) is 0 Å². The number of thioether (sulfide) groups is 1. The molecule has 24 heavy (non-hydrogen) atoms. The number of carbonyl (C=O) groups is 1. The van der Waals surface area contributed by atoms with E-state index in [0.717, 1.165) is 0 Å². The Morgan fingerprint density at radius 2 is 2.12 bits per heavy atom. The van der Waals surface area contributed by atoms with E-state index in [1.165, 1.54) is 22.1 Å². The van der Waals surface area contributed by atoms with Crippen LogP contribution in [0.4, 0.5) is 5.69 Å². The first kappa shape index (κ1) is 16.7. The number of carbonyl (C=O) groups excluding carboxylic acids is 1. The highest BCUT2D eigenvalue weighted by atomic mass is 32.2. The monoisotopic (exact) mass is 364 g/mol. The summed E-state index contributed by atoms with van der Waals surface area (Å²) in [4.78, 5) is 14.3. The van der Waals surface area contributed by atoms with Gasteiger partial charge in [-0.15, -0.1) is 10.2 Å². The quantitative estimate of drug-likeness (QED) is 0.743. The summed E-state index contributed by atoms with van der Waals surface area (Å²) >= 11 is 1.27. The van der Waals surface area contributed by atoms with E-state index in [-0.39, 0.29) is 17.4 Å². The molecule has 0 aliphatic carbocycles. The zero-order valence-corrected chi connectivity index (χ0v) is 14.6. The molecule has 2 heterocycles. The summed E-state index contributed by atoms with van der Waals surface area (Å²) in [5.74, 6) is -0.130. The van der Waals surface area contributed by atoms with Crippen molar-refractivity contribution in [2.75, 3.05) is 16.4 Å². The molecular formula is C15H16N4O3S2. The predicted octanol–water partition coefficient (Wildman–Crippen LogP) is 1.25. The van der Waals surface area contributed by atoms with Gasteiger partial charge in [-0.2, -0.15) is 0 Å². The molecule has 0 saturated heterocycles. The largest absolute Gasteiger partial charge is 0.312 e.